The van der Waals surface area contributed by atoms with Crippen LogP contribution >= 0.6 is 11.6 Å². The minimum Gasteiger partial charge on any atom is -0.497 e. The second-order valence-electron chi connectivity index (χ2n) is 7.09. The molecule has 2 aromatic carbocycles. The maximum Gasteiger partial charge on any atom is 0.336 e. The lowest BCUT2D eigenvalue weighted by molar-refractivity contribution is 0.248. The van der Waals surface area contributed by atoms with E-state index in [1.807, 2.05) is 31.2 Å². The molecular weight excluding hydrogens is 362 g/mol. The number of rotatable bonds is 4. The fourth-order valence-corrected chi connectivity index (χ4v) is 4.10. The zero-order valence-corrected chi connectivity index (χ0v) is 16.3. The number of hydrogen-bond donors (Lipinski definition) is 0. The number of hydrogen-bond acceptors (Lipinski definition) is 4. The summed E-state index contributed by atoms with van der Waals surface area (Å²) in [6.07, 6.45) is 2.22. The SMILES string of the molecule is COc1cccc(C2CCCN2Cc2cc(=O)oc3cc(C)c(Cl)cc23)c1. The Bertz CT molecular complexity index is 1040. The van der Waals surface area contributed by atoms with Crippen LogP contribution in [0, 0.1) is 6.92 Å². The summed E-state index contributed by atoms with van der Waals surface area (Å²) < 4.78 is 10.8. The Balaban J connectivity index is 1.70. The van der Waals surface area contributed by atoms with Gasteiger partial charge in [0, 0.05) is 29.1 Å². The van der Waals surface area contributed by atoms with Crippen LogP contribution in [-0.4, -0.2) is 18.6 Å². The summed E-state index contributed by atoms with van der Waals surface area (Å²) in [5.41, 5.74) is 3.37. The van der Waals surface area contributed by atoms with Gasteiger partial charge in [-0.25, -0.2) is 4.79 Å². The molecule has 5 heteroatoms. The maximum absolute atomic E-state index is 12.1. The van der Waals surface area contributed by atoms with Gasteiger partial charge in [0.15, 0.2) is 0 Å². The van der Waals surface area contributed by atoms with Crippen molar-refractivity contribution >= 4 is 22.6 Å². The van der Waals surface area contributed by atoms with Crippen LogP contribution in [0.1, 0.15) is 35.6 Å². The average Bonchev–Trinajstić information content (AvgIpc) is 3.11. The lowest BCUT2D eigenvalue weighted by Gasteiger charge is -2.25. The largest absolute Gasteiger partial charge is 0.497 e. The number of benzene rings is 2. The Morgan fingerprint density at radius 1 is 1.26 bits per heavy atom. The first-order chi connectivity index (χ1) is 13.0. The number of halogens is 1. The molecule has 3 aromatic rings. The Kier molecular flexibility index (Phi) is 4.94. The summed E-state index contributed by atoms with van der Waals surface area (Å²) >= 11 is 6.33. The Hall–Kier alpha value is -2.30. The van der Waals surface area contributed by atoms with Gasteiger partial charge in [0.1, 0.15) is 11.3 Å². The first-order valence-corrected chi connectivity index (χ1v) is 9.54. The van der Waals surface area contributed by atoms with Gasteiger partial charge in [0.05, 0.1) is 7.11 Å². The molecule has 0 spiro atoms. The average molecular weight is 384 g/mol. The number of nitrogens with zero attached hydrogens (tertiary/aromatic N) is 1. The Morgan fingerprint density at radius 3 is 2.93 bits per heavy atom. The zero-order chi connectivity index (χ0) is 19.0. The van der Waals surface area contributed by atoms with Crippen molar-refractivity contribution in [2.75, 3.05) is 13.7 Å². The normalized spacial score (nSPS) is 17.5. The summed E-state index contributed by atoms with van der Waals surface area (Å²) in [6.45, 7) is 3.58. The van der Waals surface area contributed by atoms with Gasteiger partial charge >= 0.3 is 5.63 Å². The standard InChI is InChI=1S/C22H22ClNO3/c1-14-9-21-18(12-19(14)23)16(11-22(25)27-21)13-24-8-4-7-20(24)15-5-3-6-17(10-15)26-2/h3,5-6,9-12,20H,4,7-8,13H2,1-2H3. The van der Waals surface area contributed by atoms with Crippen molar-refractivity contribution in [1.29, 1.82) is 0 Å². The molecule has 2 heterocycles. The summed E-state index contributed by atoms with van der Waals surface area (Å²) in [7, 11) is 1.69. The van der Waals surface area contributed by atoms with E-state index in [4.69, 9.17) is 20.8 Å². The second kappa shape index (κ2) is 7.37. The van der Waals surface area contributed by atoms with Gasteiger partial charge in [-0.05, 0) is 67.3 Å². The van der Waals surface area contributed by atoms with E-state index in [1.165, 1.54) is 5.56 Å². The highest BCUT2D eigenvalue weighted by atomic mass is 35.5. The lowest BCUT2D eigenvalue weighted by atomic mass is 10.0. The quantitative estimate of drug-likeness (QED) is 0.588. The van der Waals surface area contributed by atoms with Crippen LogP contribution in [-0.2, 0) is 6.54 Å². The van der Waals surface area contributed by atoms with Crippen LogP contribution in [0.15, 0.2) is 51.7 Å². The molecule has 1 atom stereocenters. The van der Waals surface area contributed by atoms with Crippen LogP contribution in [0.3, 0.4) is 0 Å². The summed E-state index contributed by atoms with van der Waals surface area (Å²) in [5, 5.41) is 1.59. The molecule has 0 N–H and O–H groups in total. The van der Waals surface area contributed by atoms with Crippen molar-refractivity contribution in [2.45, 2.75) is 32.4 Å². The smallest absolute Gasteiger partial charge is 0.336 e. The minimum absolute atomic E-state index is 0.309. The molecule has 1 unspecified atom stereocenters. The van der Waals surface area contributed by atoms with Crippen molar-refractivity contribution in [3.8, 4) is 5.75 Å². The first-order valence-electron chi connectivity index (χ1n) is 9.16. The van der Waals surface area contributed by atoms with E-state index < -0.39 is 0 Å². The Labute approximate surface area is 163 Å². The minimum atomic E-state index is -0.323. The topological polar surface area (TPSA) is 42.7 Å². The number of fused-ring (bicyclic) bond motifs is 1. The third kappa shape index (κ3) is 3.60. The number of methoxy groups -OCH3 is 1. The van der Waals surface area contributed by atoms with Gasteiger partial charge in [0.2, 0.25) is 0 Å². The van der Waals surface area contributed by atoms with Gasteiger partial charge in [-0.2, -0.15) is 0 Å². The lowest BCUT2D eigenvalue weighted by Crippen LogP contribution is -2.23. The van der Waals surface area contributed by atoms with Crippen LogP contribution in [0.5, 0.6) is 5.75 Å². The Morgan fingerprint density at radius 2 is 2.11 bits per heavy atom. The molecule has 4 nitrogen and oxygen atoms in total. The van der Waals surface area contributed by atoms with Crippen LogP contribution < -0.4 is 10.4 Å². The van der Waals surface area contributed by atoms with Crippen molar-refractivity contribution in [3.05, 3.63) is 74.6 Å². The molecule has 4 rings (SSSR count). The highest BCUT2D eigenvalue weighted by Crippen LogP contribution is 2.35. The van der Waals surface area contributed by atoms with Crippen LogP contribution in [0.2, 0.25) is 5.02 Å². The molecule has 1 aliphatic rings. The molecule has 0 saturated carbocycles. The van der Waals surface area contributed by atoms with Crippen molar-refractivity contribution in [2.24, 2.45) is 0 Å². The molecule has 0 amide bonds. The number of ether oxygens (including phenoxy) is 1. The molecule has 0 radical (unpaired) electrons. The van der Waals surface area contributed by atoms with E-state index in [2.05, 4.69) is 17.0 Å². The maximum atomic E-state index is 12.1. The van der Waals surface area contributed by atoms with E-state index in [0.29, 0.717) is 23.2 Å². The predicted molar refractivity (Wildman–Crippen MR) is 108 cm³/mol. The molecule has 140 valence electrons. The molecule has 27 heavy (non-hydrogen) atoms. The van der Waals surface area contributed by atoms with E-state index in [-0.39, 0.29) is 5.63 Å². The third-order valence-electron chi connectivity index (χ3n) is 5.33. The molecule has 0 bridgehead atoms. The zero-order valence-electron chi connectivity index (χ0n) is 15.5. The molecule has 1 aliphatic heterocycles. The first kappa shape index (κ1) is 18.1. The second-order valence-corrected chi connectivity index (χ2v) is 7.50. The van der Waals surface area contributed by atoms with E-state index in [0.717, 1.165) is 41.6 Å². The third-order valence-corrected chi connectivity index (χ3v) is 5.73. The molecule has 1 aromatic heterocycles. The van der Waals surface area contributed by atoms with Crippen molar-refractivity contribution in [3.63, 3.8) is 0 Å². The molecular formula is C22H22ClNO3. The van der Waals surface area contributed by atoms with Crippen molar-refractivity contribution in [1.82, 2.24) is 4.90 Å². The fraction of sp³-hybridized carbons (Fsp3) is 0.318. The van der Waals surface area contributed by atoms with E-state index >= 15 is 0 Å². The summed E-state index contributed by atoms with van der Waals surface area (Å²) in [5.74, 6) is 0.868. The van der Waals surface area contributed by atoms with E-state index in [1.54, 1.807) is 13.2 Å². The number of likely N-dealkylation sites (tertiary alicyclic amines) is 1. The number of aryl methyl sites for hydroxylation is 1. The highest BCUT2D eigenvalue weighted by molar-refractivity contribution is 6.32. The van der Waals surface area contributed by atoms with Gasteiger partial charge in [-0.15, -0.1) is 0 Å². The fourth-order valence-electron chi connectivity index (χ4n) is 3.94. The molecule has 1 fully saturated rings. The van der Waals surface area contributed by atoms with Gasteiger partial charge in [-0.1, -0.05) is 23.7 Å². The molecule has 0 aliphatic carbocycles. The van der Waals surface area contributed by atoms with Gasteiger partial charge in [0.25, 0.3) is 0 Å². The molecule has 1 saturated heterocycles. The van der Waals surface area contributed by atoms with Gasteiger partial charge < -0.3 is 9.15 Å². The van der Waals surface area contributed by atoms with Crippen molar-refractivity contribution < 1.29 is 9.15 Å². The van der Waals surface area contributed by atoms with Crippen LogP contribution in [0.4, 0.5) is 0 Å². The van der Waals surface area contributed by atoms with Crippen LogP contribution in [0.25, 0.3) is 11.0 Å². The highest BCUT2D eigenvalue weighted by Gasteiger charge is 2.27. The summed E-state index contributed by atoms with van der Waals surface area (Å²) in [4.78, 5) is 14.5. The monoisotopic (exact) mass is 383 g/mol. The summed E-state index contributed by atoms with van der Waals surface area (Å²) in [6, 6.07) is 13.9. The van der Waals surface area contributed by atoms with Gasteiger partial charge in [-0.3, -0.25) is 4.90 Å². The predicted octanol–water partition coefficient (Wildman–Crippen LogP) is 5.10. The van der Waals surface area contributed by atoms with E-state index in [9.17, 15) is 4.79 Å².